The Morgan fingerprint density at radius 3 is 2.71 bits per heavy atom. The van der Waals surface area contributed by atoms with Crippen LogP contribution in [0.3, 0.4) is 0 Å². The van der Waals surface area contributed by atoms with Gasteiger partial charge < -0.3 is 9.52 Å². The van der Waals surface area contributed by atoms with E-state index in [0.29, 0.717) is 6.42 Å². The second-order valence-corrected chi connectivity index (χ2v) is 5.72. The summed E-state index contributed by atoms with van der Waals surface area (Å²) in [6.07, 6.45) is 0.458. The van der Waals surface area contributed by atoms with Crippen molar-refractivity contribution in [2.24, 2.45) is 5.41 Å². The van der Waals surface area contributed by atoms with Gasteiger partial charge in [0, 0.05) is 5.75 Å². The Balaban J connectivity index is 2.65. The molecule has 0 aliphatic carbocycles. The van der Waals surface area contributed by atoms with Gasteiger partial charge in [0.15, 0.2) is 5.09 Å². The van der Waals surface area contributed by atoms with Gasteiger partial charge in [-0.25, -0.2) is 4.79 Å². The van der Waals surface area contributed by atoms with Crippen LogP contribution >= 0.6 is 0 Å². The number of carboxylic acids is 1. The van der Waals surface area contributed by atoms with Crippen LogP contribution in [0, 0.1) is 16.7 Å². The zero-order valence-electron chi connectivity index (χ0n) is 9.60. The zero-order valence-corrected chi connectivity index (χ0v) is 10.4. The second-order valence-electron chi connectivity index (χ2n) is 4.22. The highest BCUT2D eigenvalue weighted by molar-refractivity contribution is 7.84. The maximum absolute atomic E-state index is 11.8. The molecule has 0 radical (unpaired) electrons. The maximum Gasteiger partial charge on any atom is 0.371 e. The molecule has 0 bridgehead atoms. The fourth-order valence-corrected chi connectivity index (χ4v) is 2.36. The minimum atomic E-state index is -1.41. The number of nitriles is 1. The van der Waals surface area contributed by atoms with Crippen LogP contribution in [-0.4, -0.2) is 21.0 Å². The van der Waals surface area contributed by atoms with Crippen molar-refractivity contribution in [3.8, 4) is 6.07 Å². The van der Waals surface area contributed by atoms with Gasteiger partial charge in [0.2, 0.25) is 5.76 Å². The van der Waals surface area contributed by atoms with Crippen molar-refractivity contribution in [1.82, 2.24) is 0 Å². The number of hydrogen-bond donors (Lipinski definition) is 1. The Morgan fingerprint density at radius 1 is 1.59 bits per heavy atom. The van der Waals surface area contributed by atoms with Crippen molar-refractivity contribution in [3.05, 3.63) is 17.9 Å². The number of carboxylic acid groups (broad SMARTS) is 1. The molecule has 0 aliphatic rings. The normalized spacial score (nSPS) is 13.0. The summed E-state index contributed by atoms with van der Waals surface area (Å²) < 4.78 is 16.7. The molecule has 0 saturated carbocycles. The Bertz CT molecular complexity index is 484. The highest BCUT2D eigenvalue weighted by Gasteiger charge is 2.20. The topological polar surface area (TPSA) is 91.3 Å². The summed E-state index contributed by atoms with van der Waals surface area (Å²) in [6, 6.07) is 4.77. The molecule has 1 aromatic rings. The van der Waals surface area contributed by atoms with Crippen LogP contribution in [0.1, 0.15) is 30.8 Å². The fraction of sp³-hybridized carbons (Fsp3) is 0.455. The van der Waals surface area contributed by atoms with Gasteiger partial charge in [0.05, 0.1) is 22.3 Å². The third-order valence-electron chi connectivity index (χ3n) is 2.23. The Labute approximate surface area is 102 Å². The van der Waals surface area contributed by atoms with Crippen molar-refractivity contribution >= 4 is 16.8 Å². The van der Waals surface area contributed by atoms with E-state index >= 15 is 0 Å². The van der Waals surface area contributed by atoms with Crippen LogP contribution in [0.5, 0.6) is 0 Å². The van der Waals surface area contributed by atoms with E-state index in [1.807, 2.05) is 0 Å². The molecule has 0 aliphatic heterocycles. The molecule has 1 rings (SSSR count). The highest BCUT2D eigenvalue weighted by Crippen LogP contribution is 2.21. The van der Waals surface area contributed by atoms with Crippen LogP contribution in [0.4, 0.5) is 0 Å². The van der Waals surface area contributed by atoms with Crippen molar-refractivity contribution < 1.29 is 18.5 Å². The van der Waals surface area contributed by atoms with E-state index in [0.717, 1.165) is 0 Å². The maximum atomic E-state index is 11.8. The van der Waals surface area contributed by atoms with E-state index in [1.54, 1.807) is 13.8 Å². The van der Waals surface area contributed by atoms with E-state index in [2.05, 4.69) is 6.07 Å². The average Bonchev–Trinajstić information content (AvgIpc) is 2.75. The smallest absolute Gasteiger partial charge is 0.371 e. The first-order valence-electron chi connectivity index (χ1n) is 4.98. The van der Waals surface area contributed by atoms with Crippen molar-refractivity contribution in [3.63, 3.8) is 0 Å². The SMILES string of the molecule is CC(C)(C#N)CCS(=O)c1ccc(C(=O)O)o1. The fourth-order valence-electron chi connectivity index (χ4n) is 1.06. The molecule has 17 heavy (non-hydrogen) atoms. The molecule has 1 unspecified atom stereocenters. The number of nitrogens with zero attached hydrogens (tertiary/aromatic N) is 1. The van der Waals surface area contributed by atoms with E-state index in [1.165, 1.54) is 12.1 Å². The first-order chi connectivity index (χ1) is 7.85. The molecule has 0 spiro atoms. The van der Waals surface area contributed by atoms with Gasteiger partial charge in [-0.05, 0) is 32.4 Å². The lowest BCUT2D eigenvalue weighted by molar-refractivity contribution is 0.0656. The summed E-state index contributed by atoms with van der Waals surface area (Å²) in [5.41, 5.74) is -0.544. The first kappa shape index (κ1) is 13.5. The summed E-state index contributed by atoms with van der Waals surface area (Å²) in [5.74, 6) is -1.15. The summed E-state index contributed by atoms with van der Waals surface area (Å²) in [4.78, 5) is 10.6. The molecule has 0 saturated heterocycles. The van der Waals surface area contributed by atoms with Gasteiger partial charge in [-0.3, -0.25) is 4.21 Å². The Kier molecular flexibility index (Phi) is 4.07. The van der Waals surface area contributed by atoms with Gasteiger partial charge in [-0.1, -0.05) is 0 Å². The minimum Gasteiger partial charge on any atom is -0.475 e. The van der Waals surface area contributed by atoms with Crippen LogP contribution in [0.15, 0.2) is 21.6 Å². The molecule has 1 atom stereocenters. The minimum absolute atomic E-state index is 0.135. The largest absolute Gasteiger partial charge is 0.475 e. The molecule has 1 aromatic heterocycles. The molecular formula is C11H13NO4S. The molecule has 0 aromatic carbocycles. The zero-order chi connectivity index (χ0) is 13.1. The molecule has 0 amide bonds. The molecular weight excluding hydrogens is 242 g/mol. The number of carbonyl (C=O) groups is 1. The van der Waals surface area contributed by atoms with Gasteiger partial charge in [-0.2, -0.15) is 5.26 Å². The molecule has 0 fully saturated rings. The van der Waals surface area contributed by atoms with E-state index in [-0.39, 0.29) is 16.6 Å². The van der Waals surface area contributed by atoms with Crippen molar-refractivity contribution in [2.45, 2.75) is 25.4 Å². The number of rotatable bonds is 5. The summed E-state index contributed by atoms with van der Waals surface area (Å²) in [6.45, 7) is 3.52. The Hall–Kier alpha value is -1.61. The van der Waals surface area contributed by atoms with Crippen LogP contribution < -0.4 is 0 Å². The van der Waals surface area contributed by atoms with Crippen molar-refractivity contribution in [1.29, 1.82) is 5.26 Å². The van der Waals surface area contributed by atoms with Crippen LogP contribution in [-0.2, 0) is 10.8 Å². The third-order valence-corrected chi connectivity index (χ3v) is 3.47. The second kappa shape index (κ2) is 5.15. The van der Waals surface area contributed by atoms with E-state index in [4.69, 9.17) is 14.8 Å². The lowest BCUT2D eigenvalue weighted by Crippen LogP contribution is -2.12. The third kappa shape index (κ3) is 3.71. The number of aromatic carboxylic acids is 1. The van der Waals surface area contributed by atoms with Gasteiger partial charge in [0.25, 0.3) is 0 Å². The van der Waals surface area contributed by atoms with Crippen molar-refractivity contribution in [2.75, 3.05) is 5.75 Å². The summed E-state index contributed by atoms with van der Waals surface area (Å²) >= 11 is 0. The summed E-state index contributed by atoms with van der Waals surface area (Å²) in [7, 11) is -1.41. The standard InChI is InChI=1S/C11H13NO4S/c1-11(2,7-12)5-6-17(15)9-4-3-8(16-9)10(13)14/h3-4H,5-6H2,1-2H3,(H,13,14). The highest BCUT2D eigenvalue weighted by atomic mass is 32.2. The first-order valence-corrected chi connectivity index (χ1v) is 6.30. The van der Waals surface area contributed by atoms with Gasteiger partial charge in [0.1, 0.15) is 0 Å². The summed E-state index contributed by atoms with van der Waals surface area (Å²) in [5, 5.41) is 17.6. The van der Waals surface area contributed by atoms with Crippen LogP contribution in [0.25, 0.3) is 0 Å². The number of hydrogen-bond acceptors (Lipinski definition) is 4. The molecule has 6 heteroatoms. The van der Waals surface area contributed by atoms with Gasteiger partial charge in [-0.15, -0.1) is 0 Å². The van der Waals surface area contributed by atoms with Gasteiger partial charge >= 0.3 is 5.97 Å². The molecule has 92 valence electrons. The quantitative estimate of drug-likeness (QED) is 0.869. The average molecular weight is 255 g/mol. The van der Waals surface area contributed by atoms with E-state index < -0.39 is 22.2 Å². The Morgan fingerprint density at radius 2 is 2.24 bits per heavy atom. The molecule has 5 nitrogen and oxygen atoms in total. The van der Waals surface area contributed by atoms with E-state index in [9.17, 15) is 9.00 Å². The molecule has 1 N–H and O–H groups in total. The predicted octanol–water partition coefficient (Wildman–Crippen LogP) is 2.03. The molecule has 1 heterocycles. The monoisotopic (exact) mass is 255 g/mol. The number of furan rings is 1. The predicted molar refractivity (Wildman–Crippen MR) is 61.0 cm³/mol. The lowest BCUT2D eigenvalue weighted by atomic mass is 9.93. The lowest BCUT2D eigenvalue weighted by Gasteiger charge is -2.13. The van der Waals surface area contributed by atoms with Crippen LogP contribution in [0.2, 0.25) is 0 Å².